The number of rotatable bonds is 4. The van der Waals surface area contributed by atoms with E-state index in [1.165, 1.54) is 6.08 Å². The summed E-state index contributed by atoms with van der Waals surface area (Å²) in [7, 11) is 0. The maximum atomic E-state index is 11.6. The van der Waals surface area contributed by atoms with Crippen LogP contribution < -0.4 is 5.32 Å². The van der Waals surface area contributed by atoms with Gasteiger partial charge < -0.3 is 5.32 Å². The number of hydrogen-bond acceptors (Lipinski definition) is 3. The van der Waals surface area contributed by atoms with Gasteiger partial charge in [0.15, 0.2) is 0 Å². The number of aromatic nitrogens is 1. The summed E-state index contributed by atoms with van der Waals surface area (Å²) in [5.74, 6) is -0.0718. The lowest BCUT2D eigenvalue weighted by Crippen LogP contribution is -2.41. The van der Waals surface area contributed by atoms with E-state index in [1.807, 2.05) is 33.1 Å². The maximum absolute atomic E-state index is 11.6. The number of carbonyl (C=O) groups is 1. The molecule has 1 amide bonds. The lowest BCUT2D eigenvalue weighted by Gasteiger charge is -2.23. The molecule has 4 heteroatoms. The zero-order chi connectivity index (χ0) is 12.2. The first-order valence-electron chi connectivity index (χ1n) is 5.35. The number of aryl methyl sites for hydroxylation is 1. The Bertz CT molecular complexity index is 393. The highest BCUT2D eigenvalue weighted by Crippen LogP contribution is 2.10. The fourth-order valence-electron chi connectivity index (χ4n) is 1.08. The molecule has 1 rings (SSSR count). The second-order valence-corrected chi connectivity index (χ2v) is 5.41. The van der Waals surface area contributed by atoms with E-state index in [0.29, 0.717) is 0 Å². The van der Waals surface area contributed by atoms with Crippen molar-refractivity contribution in [2.24, 2.45) is 0 Å². The summed E-state index contributed by atoms with van der Waals surface area (Å²) in [6, 6.07) is 0. The van der Waals surface area contributed by atoms with Crippen molar-refractivity contribution < 1.29 is 4.79 Å². The van der Waals surface area contributed by atoms with Crippen LogP contribution in [0, 0.1) is 6.92 Å². The largest absolute Gasteiger partial charge is 0.348 e. The monoisotopic (exact) mass is 238 g/mol. The molecule has 88 valence electrons. The molecular formula is C12H18N2OS. The molecule has 0 saturated heterocycles. The third-order valence-electron chi connectivity index (χ3n) is 2.39. The van der Waals surface area contributed by atoms with E-state index in [0.717, 1.165) is 17.1 Å². The molecule has 0 fully saturated rings. The second-order valence-electron chi connectivity index (χ2n) is 4.35. The first kappa shape index (κ1) is 12.9. The van der Waals surface area contributed by atoms with Gasteiger partial charge in [-0.3, -0.25) is 4.79 Å². The van der Waals surface area contributed by atoms with Gasteiger partial charge in [-0.05, 0) is 33.3 Å². The van der Waals surface area contributed by atoms with Gasteiger partial charge in [0.2, 0.25) is 5.91 Å². The summed E-state index contributed by atoms with van der Waals surface area (Å²) in [5.41, 5.74) is 0.686. The van der Waals surface area contributed by atoms with E-state index in [2.05, 4.69) is 10.3 Å². The van der Waals surface area contributed by atoms with Crippen LogP contribution in [0.1, 0.15) is 37.9 Å². The second kappa shape index (κ2) is 5.25. The lowest BCUT2D eigenvalue weighted by molar-refractivity contribution is -0.117. The fourth-order valence-corrected chi connectivity index (χ4v) is 1.66. The van der Waals surface area contributed by atoms with Crippen molar-refractivity contribution in [3.63, 3.8) is 0 Å². The molecule has 0 atom stereocenters. The van der Waals surface area contributed by atoms with Gasteiger partial charge in [-0.2, -0.15) is 0 Å². The molecule has 0 aromatic carbocycles. The van der Waals surface area contributed by atoms with Crippen molar-refractivity contribution >= 4 is 23.3 Å². The molecule has 1 N–H and O–H groups in total. The Labute approximate surface area is 101 Å². The Morgan fingerprint density at radius 1 is 1.62 bits per heavy atom. The summed E-state index contributed by atoms with van der Waals surface area (Å²) < 4.78 is 0. The van der Waals surface area contributed by atoms with E-state index in [1.54, 1.807) is 17.4 Å². The minimum Gasteiger partial charge on any atom is -0.348 e. The van der Waals surface area contributed by atoms with Crippen LogP contribution >= 0.6 is 11.3 Å². The average Bonchev–Trinajstić information content (AvgIpc) is 2.61. The molecule has 0 aliphatic heterocycles. The molecule has 0 bridgehead atoms. The van der Waals surface area contributed by atoms with Gasteiger partial charge in [0.25, 0.3) is 0 Å². The van der Waals surface area contributed by atoms with Crippen LogP contribution in [0.25, 0.3) is 6.08 Å². The van der Waals surface area contributed by atoms with Crippen molar-refractivity contribution in [3.05, 3.63) is 22.2 Å². The molecule has 0 unspecified atom stereocenters. The van der Waals surface area contributed by atoms with E-state index in [9.17, 15) is 4.79 Å². The molecular weight excluding hydrogens is 220 g/mol. The molecule has 1 aromatic heterocycles. The van der Waals surface area contributed by atoms with Gasteiger partial charge in [-0.1, -0.05) is 6.92 Å². The van der Waals surface area contributed by atoms with Crippen LogP contribution in [-0.2, 0) is 4.79 Å². The minimum atomic E-state index is -0.153. The van der Waals surface area contributed by atoms with Gasteiger partial charge in [-0.15, -0.1) is 11.3 Å². The summed E-state index contributed by atoms with van der Waals surface area (Å²) in [6.45, 7) is 8.01. The molecule has 0 aliphatic rings. The summed E-state index contributed by atoms with van der Waals surface area (Å²) in [4.78, 5) is 15.8. The predicted octanol–water partition coefficient (Wildman–Crippen LogP) is 2.77. The Hall–Kier alpha value is -1.16. The first-order valence-corrected chi connectivity index (χ1v) is 6.23. The lowest BCUT2D eigenvalue weighted by atomic mass is 10.0. The highest BCUT2D eigenvalue weighted by molar-refractivity contribution is 7.09. The van der Waals surface area contributed by atoms with Gasteiger partial charge in [0.1, 0.15) is 0 Å². The van der Waals surface area contributed by atoms with Gasteiger partial charge >= 0.3 is 0 Å². The zero-order valence-corrected chi connectivity index (χ0v) is 11.0. The SMILES string of the molecule is CCC(C)(C)NC(=O)/C=C/c1csc(C)n1. The third kappa shape index (κ3) is 4.14. The number of amides is 1. The predicted molar refractivity (Wildman–Crippen MR) is 68.4 cm³/mol. The van der Waals surface area contributed by atoms with Crippen LogP contribution in [0.2, 0.25) is 0 Å². The summed E-state index contributed by atoms with van der Waals surface area (Å²) in [5, 5.41) is 5.88. The minimum absolute atomic E-state index is 0.0718. The summed E-state index contributed by atoms with van der Waals surface area (Å²) >= 11 is 1.58. The van der Waals surface area contributed by atoms with E-state index in [-0.39, 0.29) is 11.4 Å². The Morgan fingerprint density at radius 2 is 2.31 bits per heavy atom. The molecule has 1 heterocycles. The van der Waals surface area contributed by atoms with Gasteiger partial charge in [0.05, 0.1) is 10.7 Å². The van der Waals surface area contributed by atoms with Crippen molar-refractivity contribution in [2.75, 3.05) is 0 Å². The third-order valence-corrected chi connectivity index (χ3v) is 3.18. The molecule has 1 aromatic rings. The molecule has 0 saturated carbocycles. The smallest absolute Gasteiger partial charge is 0.244 e. The Kier molecular flexibility index (Phi) is 4.24. The maximum Gasteiger partial charge on any atom is 0.244 e. The van der Waals surface area contributed by atoms with Crippen LogP contribution in [0.15, 0.2) is 11.5 Å². The van der Waals surface area contributed by atoms with E-state index in [4.69, 9.17) is 0 Å². The fraction of sp³-hybridized carbons (Fsp3) is 0.500. The highest BCUT2D eigenvalue weighted by Gasteiger charge is 2.15. The number of nitrogens with one attached hydrogen (secondary N) is 1. The Balaban J connectivity index is 2.55. The van der Waals surface area contributed by atoms with Crippen molar-refractivity contribution in [3.8, 4) is 0 Å². The molecule has 16 heavy (non-hydrogen) atoms. The number of thiazole rings is 1. The molecule has 0 aliphatic carbocycles. The van der Waals surface area contributed by atoms with Crippen molar-refractivity contribution in [2.45, 2.75) is 39.7 Å². The van der Waals surface area contributed by atoms with Crippen LogP contribution in [-0.4, -0.2) is 16.4 Å². The topological polar surface area (TPSA) is 42.0 Å². The van der Waals surface area contributed by atoms with Gasteiger partial charge in [0, 0.05) is 17.0 Å². The van der Waals surface area contributed by atoms with E-state index < -0.39 is 0 Å². The first-order chi connectivity index (χ1) is 7.43. The number of nitrogens with zero attached hydrogens (tertiary/aromatic N) is 1. The van der Waals surface area contributed by atoms with Crippen LogP contribution in [0.5, 0.6) is 0 Å². The number of hydrogen-bond donors (Lipinski definition) is 1. The standard InChI is InChI=1S/C12H18N2OS/c1-5-12(3,4)14-11(15)7-6-10-8-16-9(2)13-10/h6-8H,5H2,1-4H3,(H,14,15)/b7-6+. The normalized spacial score (nSPS) is 12.0. The van der Waals surface area contributed by atoms with Crippen LogP contribution in [0.4, 0.5) is 0 Å². The van der Waals surface area contributed by atoms with E-state index >= 15 is 0 Å². The van der Waals surface area contributed by atoms with Crippen LogP contribution in [0.3, 0.4) is 0 Å². The summed E-state index contributed by atoms with van der Waals surface area (Å²) in [6.07, 6.45) is 4.18. The number of carbonyl (C=O) groups excluding carboxylic acids is 1. The Morgan fingerprint density at radius 3 is 2.81 bits per heavy atom. The molecule has 3 nitrogen and oxygen atoms in total. The zero-order valence-electron chi connectivity index (χ0n) is 10.2. The highest BCUT2D eigenvalue weighted by atomic mass is 32.1. The van der Waals surface area contributed by atoms with Crippen molar-refractivity contribution in [1.29, 1.82) is 0 Å². The van der Waals surface area contributed by atoms with Crippen molar-refractivity contribution in [1.82, 2.24) is 10.3 Å². The average molecular weight is 238 g/mol. The quantitative estimate of drug-likeness (QED) is 0.820. The molecule has 0 radical (unpaired) electrons. The van der Waals surface area contributed by atoms with Gasteiger partial charge in [-0.25, -0.2) is 4.98 Å². The molecule has 0 spiro atoms.